The lowest BCUT2D eigenvalue weighted by Crippen LogP contribution is -2.41. The van der Waals surface area contributed by atoms with Crippen LogP contribution in [-0.2, 0) is 4.74 Å². The lowest BCUT2D eigenvalue weighted by Gasteiger charge is -2.29. The van der Waals surface area contributed by atoms with E-state index < -0.39 is 0 Å². The zero-order chi connectivity index (χ0) is 15.1. The normalized spacial score (nSPS) is 18.3. The van der Waals surface area contributed by atoms with Gasteiger partial charge in [-0.25, -0.2) is 4.79 Å². The van der Waals surface area contributed by atoms with E-state index in [1.54, 1.807) is 11.8 Å². The monoisotopic (exact) mass is 308 g/mol. The second-order valence-electron chi connectivity index (χ2n) is 5.16. The van der Waals surface area contributed by atoms with Crippen molar-refractivity contribution in [3.05, 3.63) is 24.3 Å². The summed E-state index contributed by atoms with van der Waals surface area (Å²) in [4.78, 5) is 15.3. The van der Waals surface area contributed by atoms with Crippen molar-refractivity contribution in [2.45, 2.75) is 37.2 Å². The zero-order valence-electron chi connectivity index (χ0n) is 12.8. The van der Waals surface area contributed by atoms with Gasteiger partial charge in [-0.3, -0.25) is 0 Å². The van der Waals surface area contributed by atoms with Crippen LogP contribution in [0, 0.1) is 0 Å². The van der Waals surface area contributed by atoms with E-state index in [4.69, 9.17) is 4.74 Å². The number of hydrogen-bond acceptors (Lipinski definition) is 3. The van der Waals surface area contributed by atoms with E-state index in [0.717, 1.165) is 30.0 Å². The van der Waals surface area contributed by atoms with Crippen molar-refractivity contribution in [3.8, 4) is 0 Å². The third kappa shape index (κ3) is 4.64. The quantitative estimate of drug-likeness (QED) is 0.841. The average molecular weight is 308 g/mol. The summed E-state index contributed by atoms with van der Waals surface area (Å²) in [6.07, 6.45) is 5.57. The van der Waals surface area contributed by atoms with E-state index in [1.165, 1.54) is 6.42 Å². The van der Waals surface area contributed by atoms with Gasteiger partial charge in [0.2, 0.25) is 0 Å². The van der Waals surface area contributed by atoms with Gasteiger partial charge in [-0.15, -0.1) is 11.8 Å². The van der Waals surface area contributed by atoms with Gasteiger partial charge < -0.3 is 15.0 Å². The van der Waals surface area contributed by atoms with Crippen molar-refractivity contribution in [1.29, 1.82) is 0 Å². The Hall–Kier alpha value is -1.20. The third-order valence-corrected chi connectivity index (χ3v) is 4.51. The maximum absolute atomic E-state index is 12.4. The van der Waals surface area contributed by atoms with E-state index in [9.17, 15) is 4.79 Å². The fourth-order valence-electron chi connectivity index (χ4n) is 2.49. The second-order valence-corrected chi connectivity index (χ2v) is 6.01. The summed E-state index contributed by atoms with van der Waals surface area (Å²) >= 11 is 1.63. The second kappa shape index (κ2) is 8.29. The van der Waals surface area contributed by atoms with Gasteiger partial charge in [-0.1, -0.05) is 12.1 Å². The number of para-hydroxylation sites is 1. The van der Waals surface area contributed by atoms with Gasteiger partial charge in [0.25, 0.3) is 0 Å². The molecule has 4 nitrogen and oxygen atoms in total. The molecule has 1 aliphatic heterocycles. The number of thioether (sulfide) groups is 1. The number of amides is 2. The maximum atomic E-state index is 12.4. The highest BCUT2D eigenvalue weighted by atomic mass is 32.2. The summed E-state index contributed by atoms with van der Waals surface area (Å²) in [6.45, 7) is 4.18. The van der Waals surface area contributed by atoms with Crippen molar-refractivity contribution in [2.75, 3.05) is 31.3 Å². The summed E-state index contributed by atoms with van der Waals surface area (Å²) in [5.74, 6) is 0. The van der Waals surface area contributed by atoms with Gasteiger partial charge in [0.05, 0.1) is 11.8 Å². The van der Waals surface area contributed by atoms with Crippen molar-refractivity contribution in [1.82, 2.24) is 4.90 Å². The van der Waals surface area contributed by atoms with Gasteiger partial charge >= 0.3 is 6.03 Å². The van der Waals surface area contributed by atoms with Crippen LogP contribution in [0.3, 0.4) is 0 Å². The number of anilines is 1. The van der Waals surface area contributed by atoms with Crippen LogP contribution >= 0.6 is 11.8 Å². The Morgan fingerprint density at radius 3 is 2.90 bits per heavy atom. The molecule has 1 heterocycles. The van der Waals surface area contributed by atoms with Gasteiger partial charge in [0.1, 0.15) is 0 Å². The van der Waals surface area contributed by atoms with Gasteiger partial charge in [0.15, 0.2) is 0 Å². The lowest BCUT2D eigenvalue weighted by molar-refractivity contribution is 0.00221. The Morgan fingerprint density at radius 1 is 1.43 bits per heavy atom. The van der Waals surface area contributed by atoms with E-state index in [2.05, 4.69) is 5.32 Å². The minimum atomic E-state index is -0.0480. The van der Waals surface area contributed by atoms with Crippen LogP contribution in [-0.4, -0.2) is 43.0 Å². The summed E-state index contributed by atoms with van der Waals surface area (Å²) in [5.41, 5.74) is 0.873. The van der Waals surface area contributed by atoms with E-state index in [1.807, 2.05) is 42.3 Å². The number of hydrogen-bond donors (Lipinski definition) is 1. The molecule has 0 radical (unpaired) electrons. The molecule has 1 saturated heterocycles. The minimum absolute atomic E-state index is 0.0480. The average Bonchev–Trinajstić information content (AvgIpc) is 2.54. The molecule has 116 valence electrons. The van der Waals surface area contributed by atoms with E-state index in [-0.39, 0.29) is 12.1 Å². The molecule has 1 atom stereocenters. The Balaban J connectivity index is 1.96. The fourth-order valence-corrected chi connectivity index (χ4v) is 3.05. The predicted octanol–water partition coefficient (Wildman–Crippen LogP) is 3.83. The molecule has 1 aromatic rings. The van der Waals surface area contributed by atoms with Crippen LogP contribution in [0.15, 0.2) is 29.2 Å². The molecule has 0 aromatic heterocycles. The summed E-state index contributed by atoms with van der Waals surface area (Å²) < 4.78 is 5.73. The Morgan fingerprint density at radius 2 is 2.24 bits per heavy atom. The van der Waals surface area contributed by atoms with Crippen molar-refractivity contribution >= 4 is 23.5 Å². The van der Waals surface area contributed by atoms with Crippen LogP contribution in [0.25, 0.3) is 0 Å². The first-order valence-corrected chi connectivity index (χ1v) is 8.77. The highest BCUT2D eigenvalue weighted by molar-refractivity contribution is 7.98. The first-order valence-electron chi connectivity index (χ1n) is 7.55. The number of carbonyl (C=O) groups is 1. The lowest BCUT2D eigenvalue weighted by atomic mass is 10.1. The molecule has 0 bridgehead atoms. The summed E-state index contributed by atoms with van der Waals surface area (Å²) in [6, 6.07) is 7.83. The molecule has 21 heavy (non-hydrogen) atoms. The molecule has 0 aliphatic carbocycles. The number of carbonyl (C=O) groups excluding carboxylic acids is 1. The van der Waals surface area contributed by atoms with Crippen molar-refractivity contribution in [3.63, 3.8) is 0 Å². The highest BCUT2D eigenvalue weighted by Crippen LogP contribution is 2.25. The maximum Gasteiger partial charge on any atom is 0.321 e. The molecule has 0 spiro atoms. The van der Waals surface area contributed by atoms with Gasteiger partial charge in [0, 0.05) is 24.6 Å². The highest BCUT2D eigenvalue weighted by Gasteiger charge is 2.20. The number of likely N-dealkylation sites (N-methyl/N-ethyl adjacent to an activating group) is 1. The molecule has 1 aromatic carbocycles. The molecular formula is C16H24N2O2S. The molecule has 1 unspecified atom stereocenters. The molecule has 2 rings (SSSR count). The third-order valence-electron chi connectivity index (χ3n) is 3.72. The molecule has 1 fully saturated rings. The number of nitrogens with one attached hydrogen (secondary N) is 1. The van der Waals surface area contributed by atoms with E-state index in [0.29, 0.717) is 13.1 Å². The number of rotatable bonds is 5. The Kier molecular flexibility index (Phi) is 6.39. The Bertz CT molecular complexity index is 461. The number of ether oxygens (including phenoxy) is 1. The first-order chi connectivity index (χ1) is 10.2. The number of benzene rings is 1. The topological polar surface area (TPSA) is 41.6 Å². The molecule has 1 N–H and O–H groups in total. The van der Waals surface area contributed by atoms with Crippen LogP contribution in [0.2, 0.25) is 0 Å². The summed E-state index contributed by atoms with van der Waals surface area (Å²) in [5, 5.41) is 3.01. The summed E-state index contributed by atoms with van der Waals surface area (Å²) in [7, 11) is 0. The predicted molar refractivity (Wildman–Crippen MR) is 88.1 cm³/mol. The Labute approximate surface area is 131 Å². The smallest absolute Gasteiger partial charge is 0.321 e. The molecular weight excluding hydrogens is 284 g/mol. The molecule has 5 heteroatoms. The van der Waals surface area contributed by atoms with Crippen LogP contribution in [0.4, 0.5) is 10.5 Å². The van der Waals surface area contributed by atoms with Crippen LogP contribution < -0.4 is 5.32 Å². The van der Waals surface area contributed by atoms with Crippen LogP contribution in [0.5, 0.6) is 0 Å². The van der Waals surface area contributed by atoms with Crippen LogP contribution in [0.1, 0.15) is 26.2 Å². The fraction of sp³-hybridized carbons (Fsp3) is 0.562. The van der Waals surface area contributed by atoms with Crippen molar-refractivity contribution in [2.24, 2.45) is 0 Å². The van der Waals surface area contributed by atoms with Gasteiger partial charge in [-0.2, -0.15) is 0 Å². The van der Waals surface area contributed by atoms with E-state index >= 15 is 0 Å². The largest absolute Gasteiger partial charge is 0.376 e. The molecule has 2 amide bonds. The number of nitrogens with zero attached hydrogens (tertiary/aromatic N) is 1. The first kappa shape index (κ1) is 16.2. The SMILES string of the molecule is CCN(CC1CCCCO1)C(=O)Nc1ccccc1SC. The van der Waals surface area contributed by atoms with Gasteiger partial charge in [-0.05, 0) is 44.6 Å². The molecule has 0 saturated carbocycles. The number of urea groups is 1. The zero-order valence-corrected chi connectivity index (χ0v) is 13.6. The van der Waals surface area contributed by atoms with Crippen molar-refractivity contribution < 1.29 is 9.53 Å². The molecule has 1 aliphatic rings. The standard InChI is InChI=1S/C16H24N2O2S/c1-3-18(12-13-8-6-7-11-20-13)16(19)17-14-9-4-5-10-15(14)21-2/h4-5,9-10,13H,3,6-8,11-12H2,1-2H3,(H,17,19). The minimum Gasteiger partial charge on any atom is -0.376 e.